The molecule has 0 bridgehead atoms. The van der Waals surface area contributed by atoms with E-state index in [1.165, 1.54) is 22.2 Å². The predicted octanol–water partition coefficient (Wildman–Crippen LogP) is 2.62. The highest BCUT2D eigenvalue weighted by atomic mass is 32.1. The molecule has 24 heavy (non-hydrogen) atoms. The number of benzene rings is 1. The van der Waals surface area contributed by atoms with Crippen LogP contribution in [0.3, 0.4) is 0 Å². The smallest absolute Gasteiger partial charge is 0.266 e. The molecule has 1 N–H and O–H groups in total. The van der Waals surface area contributed by atoms with E-state index in [4.69, 9.17) is 0 Å². The van der Waals surface area contributed by atoms with Gasteiger partial charge in [-0.15, -0.1) is 11.3 Å². The van der Waals surface area contributed by atoms with Gasteiger partial charge in [0, 0.05) is 32.5 Å². The maximum absolute atomic E-state index is 12.6. The number of aryl methyl sites for hydroxylation is 2. The molecule has 0 aliphatic carbocycles. The van der Waals surface area contributed by atoms with Gasteiger partial charge in [-0.25, -0.2) is 4.98 Å². The summed E-state index contributed by atoms with van der Waals surface area (Å²) < 4.78 is 1.42. The molecule has 3 aromatic rings. The van der Waals surface area contributed by atoms with Crippen molar-refractivity contribution >= 4 is 38.8 Å². The number of rotatable bonds is 3. The lowest BCUT2D eigenvalue weighted by Crippen LogP contribution is -2.17. The lowest BCUT2D eigenvalue weighted by molar-refractivity contribution is 0.103. The lowest BCUT2D eigenvalue weighted by Gasteiger charge is -2.13. The summed E-state index contributed by atoms with van der Waals surface area (Å²) in [6, 6.07) is 7.58. The summed E-state index contributed by atoms with van der Waals surface area (Å²) in [6.45, 7) is 1.78. The Balaban J connectivity index is 1.93. The summed E-state index contributed by atoms with van der Waals surface area (Å²) >= 11 is 1.24. The second-order valence-corrected chi connectivity index (χ2v) is 6.79. The minimum absolute atomic E-state index is 0.136. The molecular weight excluding hydrogens is 324 g/mol. The zero-order valence-electron chi connectivity index (χ0n) is 14.0. The minimum Gasteiger partial charge on any atom is -0.378 e. The molecule has 0 unspecified atom stereocenters. The molecule has 3 rings (SSSR count). The average Bonchev–Trinajstić information content (AvgIpc) is 2.89. The highest BCUT2D eigenvalue weighted by Crippen LogP contribution is 2.27. The third kappa shape index (κ3) is 2.78. The highest BCUT2D eigenvalue weighted by molar-refractivity contribution is 7.20. The lowest BCUT2D eigenvalue weighted by atomic mass is 10.2. The largest absolute Gasteiger partial charge is 0.378 e. The Morgan fingerprint density at radius 2 is 1.92 bits per heavy atom. The molecule has 2 heterocycles. The van der Waals surface area contributed by atoms with Gasteiger partial charge in [-0.05, 0) is 36.8 Å². The third-order valence-electron chi connectivity index (χ3n) is 3.86. The first kappa shape index (κ1) is 16.2. The highest BCUT2D eigenvalue weighted by Gasteiger charge is 2.19. The Morgan fingerprint density at radius 1 is 1.25 bits per heavy atom. The van der Waals surface area contributed by atoms with Crippen molar-refractivity contribution in [1.29, 1.82) is 0 Å². The van der Waals surface area contributed by atoms with Crippen LogP contribution in [0.5, 0.6) is 0 Å². The van der Waals surface area contributed by atoms with Crippen molar-refractivity contribution in [2.45, 2.75) is 6.92 Å². The van der Waals surface area contributed by atoms with Gasteiger partial charge in [-0.2, -0.15) is 0 Å². The van der Waals surface area contributed by atoms with E-state index in [1.807, 2.05) is 43.3 Å². The summed E-state index contributed by atoms with van der Waals surface area (Å²) in [5, 5.41) is 3.39. The van der Waals surface area contributed by atoms with Crippen molar-refractivity contribution in [2.75, 3.05) is 24.3 Å². The number of hydrogen-bond acceptors (Lipinski definition) is 5. The minimum atomic E-state index is -0.227. The van der Waals surface area contributed by atoms with Crippen LogP contribution in [0.4, 0.5) is 11.4 Å². The van der Waals surface area contributed by atoms with E-state index in [-0.39, 0.29) is 11.5 Å². The van der Waals surface area contributed by atoms with E-state index < -0.39 is 0 Å². The summed E-state index contributed by atoms with van der Waals surface area (Å²) in [4.78, 5) is 32.1. The molecule has 124 valence electrons. The zero-order valence-corrected chi connectivity index (χ0v) is 14.8. The third-order valence-corrected chi connectivity index (χ3v) is 5.06. The van der Waals surface area contributed by atoms with Crippen LogP contribution in [0.2, 0.25) is 0 Å². The van der Waals surface area contributed by atoms with E-state index in [9.17, 15) is 9.59 Å². The topological polar surface area (TPSA) is 67.2 Å². The molecule has 0 saturated carbocycles. The molecule has 6 nitrogen and oxygen atoms in total. The van der Waals surface area contributed by atoms with Crippen molar-refractivity contribution in [3.8, 4) is 0 Å². The molecule has 2 aromatic heterocycles. The molecule has 0 aliphatic rings. The van der Waals surface area contributed by atoms with Gasteiger partial charge >= 0.3 is 0 Å². The van der Waals surface area contributed by atoms with Crippen LogP contribution in [0.15, 0.2) is 35.4 Å². The van der Waals surface area contributed by atoms with Crippen LogP contribution in [-0.4, -0.2) is 29.6 Å². The number of carbonyl (C=O) groups is 1. The molecule has 0 aliphatic heterocycles. The van der Waals surface area contributed by atoms with Gasteiger partial charge in [0.2, 0.25) is 0 Å². The number of amides is 1. The summed E-state index contributed by atoms with van der Waals surface area (Å²) in [6.07, 6.45) is 1.47. The van der Waals surface area contributed by atoms with Crippen LogP contribution in [-0.2, 0) is 7.05 Å². The first-order chi connectivity index (χ1) is 11.4. The van der Waals surface area contributed by atoms with Crippen LogP contribution in [0.1, 0.15) is 15.2 Å². The second kappa shape index (κ2) is 6.09. The van der Waals surface area contributed by atoms with Crippen molar-refractivity contribution in [3.63, 3.8) is 0 Å². The zero-order chi connectivity index (χ0) is 17.4. The molecule has 1 amide bonds. The number of nitrogens with one attached hydrogen (secondary N) is 1. The Morgan fingerprint density at radius 3 is 2.54 bits per heavy atom. The maximum Gasteiger partial charge on any atom is 0.266 e. The van der Waals surface area contributed by atoms with Gasteiger partial charge < -0.3 is 14.8 Å². The van der Waals surface area contributed by atoms with E-state index in [2.05, 4.69) is 10.3 Å². The van der Waals surface area contributed by atoms with Crippen LogP contribution < -0.4 is 15.8 Å². The van der Waals surface area contributed by atoms with Crippen LogP contribution in [0, 0.1) is 6.92 Å². The molecule has 1 aromatic carbocycles. The molecule has 7 heteroatoms. The first-order valence-electron chi connectivity index (χ1n) is 7.42. The van der Waals surface area contributed by atoms with Crippen molar-refractivity contribution in [1.82, 2.24) is 9.55 Å². The second-order valence-electron chi connectivity index (χ2n) is 5.79. The van der Waals surface area contributed by atoms with E-state index in [0.717, 1.165) is 5.69 Å². The van der Waals surface area contributed by atoms with Gasteiger partial charge in [-0.3, -0.25) is 9.59 Å². The fourth-order valence-electron chi connectivity index (χ4n) is 2.46. The monoisotopic (exact) mass is 342 g/mol. The fourth-order valence-corrected chi connectivity index (χ4v) is 3.49. The van der Waals surface area contributed by atoms with Crippen molar-refractivity contribution in [2.24, 2.45) is 7.05 Å². The number of thiophene rings is 1. The number of anilines is 2. The summed E-state index contributed by atoms with van der Waals surface area (Å²) in [7, 11) is 5.57. The van der Waals surface area contributed by atoms with Gasteiger partial charge in [0.25, 0.3) is 11.5 Å². The summed E-state index contributed by atoms with van der Waals surface area (Å²) in [5.41, 5.74) is 2.30. The van der Waals surface area contributed by atoms with Gasteiger partial charge in [-0.1, -0.05) is 0 Å². The first-order valence-corrected chi connectivity index (χ1v) is 8.23. The predicted molar refractivity (Wildman–Crippen MR) is 98.3 cm³/mol. The number of carbonyl (C=O) groups excluding carboxylic acids is 1. The number of fused-ring (bicyclic) bond motifs is 1. The Hall–Kier alpha value is -2.67. The Kier molecular flexibility index (Phi) is 4.11. The standard InChI is InChI=1S/C17H18N4O2S/c1-10-13-16(18-9-21(4)17(13)23)24-14(10)15(22)19-11-5-7-12(8-6-11)20(2)3/h5-9H,1-4H3,(H,19,22). The average molecular weight is 342 g/mol. The van der Waals surface area contributed by atoms with Crippen LogP contribution >= 0.6 is 11.3 Å². The molecule has 0 radical (unpaired) electrons. The molecule has 0 saturated heterocycles. The van der Waals surface area contributed by atoms with E-state index >= 15 is 0 Å². The molecule has 0 fully saturated rings. The summed E-state index contributed by atoms with van der Waals surface area (Å²) in [5.74, 6) is -0.227. The van der Waals surface area contributed by atoms with Gasteiger partial charge in [0.05, 0.1) is 16.6 Å². The number of aromatic nitrogens is 2. The van der Waals surface area contributed by atoms with Crippen LogP contribution in [0.25, 0.3) is 10.2 Å². The normalized spacial score (nSPS) is 10.8. The fraction of sp³-hybridized carbons (Fsp3) is 0.235. The molecule has 0 spiro atoms. The quantitative estimate of drug-likeness (QED) is 0.794. The number of nitrogens with zero attached hydrogens (tertiary/aromatic N) is 3. The van der Waals surface area contributed by atoms with E-state index in [0.29, 0.717) is 26.3 Å². The maximum atomic E-state index is 12.6. The number of hydrogen-bond donors (Lipinski definition) is 1. The Labute approximate surface area is 143 Å². The van der Waals surface area contributed by atoms with Crippen molar-refractivity contribution in [3.05, 3.63) is 51.4 Å². The van der Waals surface area contributed by atoms with E-state index in [1.54, 1.807) is 14.0 Å². The van der Waals surface area contributed by atoms with Gasteiger partial charge in [0.1, 0.15) is 4.83 Å². The SMILES string of the molecule is Cc1c(C(=O)Nc2ccc(N(C)C)cc2)sc2ncn(C)c(=O)c12. The molecule has 0 atom stereocenters. The van der Waals surface area contributed by atoms with Crippen molar-refractivity contribution < 1.29 is 4.79 Å². The van der Waals surface area contributed by atoms with Gasteiger partial charge in [0.15, 0.2) is 0 Å². The molecular formula is C17H18N4O2S. The Bertz CT molecular complexity index is 971.